The van der Waals surface area contributed by atoms with Crippen molar-refractivity contribution in [2.45, 2.75) is 32.2 Å². The molecule has 146 valence electrons. The summed E-state index contributed by atoms with van der Waals surface area (Å²) in [5.41, 5.74) is 18.1. The minimum absolute atomic E-state index is 0.0732. The predicted molar refractivity (Wildman–Crippen MR) is 121 cm³/mol. The summed E-state index contributed by atoms with van der Waals surface area (Å²) in [4.78, 5) is 0. The Labute approximate surface area is 169 Å². The molecule has 1 aliphatic heterocycles. The van der Waals surface area contributed by atoms with Gasteiger partial charge in [0.15, 0.2) is 0 Å². The Morgan fingerprint density at radius 2 is 2.00 bits per heavy atom. The van der Waals surface area contributed by atoms with Gasteiger partial charge in [0.2, 0.25) is 0 Å². The average Bonchev–Trinajstić information content (AvgIpc) is 2.70. The zero-order valence-electron chi connectivity index (χ0n) is 16.7. The van der Waals surface area contributed by atoms with Gasteiger partial charge >= 0.3 is 0 Å². The summed E-state index contributed by atoms with van der Waals surface area (Å²) >= 11 is 0. The van der Waals surface area contributed by atoms with Crippen LogP contribution in [0.15, 0.2) is 109 Å². The van der Waals surface area contributed by atoms with Crippen LogP contribution < -0.4 is 16.8 Å². The van der Waals surface area contributed by atoms with E-state index < -0.39 is 0 Å². The highest BCUT2D eigenvalue weighted by molar-refractivity contribution is 5.38. The van der Waals surface area contributed by atoms with E-state index in [2.05, 4.69) is 48.8 Å². The molecule has 1 aromatic carbocycles. The monoisotopic (exact) mass is 373 g/mol. The molecule has 0 saturated carbocycles. The van der Waals surface area contributed by atoms with Crippen molar-refractivity contribution in [2.24, 2.45) is 11.5 Å². The van der Waals surface area contributed by atoms with Gasteiger partial charge in [-0.05, 0) is 55.2 Å². The summed E-state index contributed by atoms with van der Waals surface area (Å²) < 4.78 is 0. The lowest BCUT2D eigenvalue weighted by atomic mass is 9.93. The van der Waals surface area contributed by atoms with E-state index in [1.165, 1.54) is 17.3 Å². The molecule has 0 radical (unpaired) electrons. The molecule has 28 heavy (non-hydrogen) atoms. The van der Waals surface area contributed by atoms with E-state index in [1.807, 2.05) is 43.5 Å². The van der Waals surface area contributed by atoms with E-state index in [-0.39, 0.29) is 6.04 Å². The van der Waals surface area contributed by atoms with Crippen LogP contribution in [0.25, 0.3) is 0 Å². The molecule has 1 aliphatic rings. The van der Waals surface area contributed by atoms with Crippen LogP contribution in [0.5, 0.6) is 0 Å². The van der Waals surface area contributed by atoms with Crippen molar-refractivity contribution < 1.29 is 0 Å². The lowest BCUT2D eigenvalue weighted by Gasteiger charge is -2.19. The zero-order chi connectivity index (χ0) is 20.4. The predicted octanol–water partition coefficient (Wildman–Crippen LogP) is 4.58. The Kier molecular flexibility index (Phi) is 8.16. The summed E-state index contributed by atoms with van der Waals surface area (Å²) in [6.45, 7) is 10.2. The van der Waals surface area contributed by atoms with Gasteiger partial charge in [0.05, 0.1) is 5.70 Å². The summed E-state index contributed by atoms with van der Waals surface area (Å²) in [5, 5.41) is 3.48. The standard InChI is InChI=1S/C25H31N3/c1-4-9-19(2)15-23(25(27)18-26)17-24-16-22-12-6-5-11-21(22)14-20(3)10-7-8-13-28-24/h4-13,17-18,24,28H,2-3,14-16,26-27H2,1H3/b9-4+,10-7-,13-8-,23-17-,25-18+. The van der Waals surface area contributed by atoms with Crippen LogP contribution in [0.3, 0.4) is 0 Å². The smallest absolute Gasteiger partial charge is 0.0505 e. The van der Waals surface area contributed by atoms with Gasteiger partial charge in [0, 0.05) is 12.2 Å². The Hall–Kier alpha value is -3.20. The first-order valence-corrected chi connectivity index (χ1v) is 9.56. The number of rotatable bonds is 5. The quantitative estimate of drug-likeness (QED) is 0.662. The number of hydrogen-bond acceptors (Lipinski definition) is 3. The van der Waals surface area contributed by atoms with Crippen LogP contribution in [-0.4, -0.2) is 6.04 Å². The van der Waals surface area contributed by atoms with E-state index in [4.69, 9.17) is 11.5 Å². The highest BCUT2D eigenvalue weighted by Gasteiger charge is 2.12. The van der Waals surface area contributed by atoms with Crippen molar-refractivity contribution in [1.29, 1.82) is 0 Å². The fourth-order valence-electron chi connectivity index (χ4n) is 3.21. The molecule has 1 heterocycles. The van der Waals surface area contributed by atoms with Crippen LogP contribution in [0.4, 0.5) is 0 Å². The number of allylic oxidation sites excluding steroid dienone is 8. The third-order valence-corrected chi connectivity index (χ3v) is 4.60. The molecule has 3 nitrogen and oxygen atoms in total. The van der Waals surface area contributed by atoms with E-state index >= 15 is 0 Å². The number of hydrogen-bond donors (Lipinski definition) is 3. The van der Waals surface area contributed by atoms with Crippen LogP contribution in [0.1, 0.15) is 24.5 Å². The maximum absolute atomic E-state index is 6.18. The molecule has 1 atom stereocenters. The molecule has 1 aromatic rings. The minimum Gasteiger partial charge on any atom is -0.403 e. The number of benzene rings is 1. The van der Waals surface area contributed by atoms with E-state index in [9.17, 15) is 0 Å². The first-order valence-electron chi connectivity index (χ1n) is 9.56. The summed E-state index contributed by atoms with van der Waals surface area (Å²) in [6.07, 6.45) is 17.9. The van der Waals surface area contributed by atoms with Crippen LogP contribution in [0, 0.1) is 0 Å². The van der Waals surface area contributed by atoms with Gasteiger partial charge in [-0.1, -0.05) is 78.9 Å². The van der Waals surface area contributed by atoms with Crippen molar-refractivity contribution in [2.75, 3.05) is 0 Å². The Morgan fingerprint density at radius 1 is 1.25 bits per heavy atom. The molecule has 5 N–H and O–H groups in total. The fourth-order valence-corrected chi connectivity index (χ4v) is 3.21. The van der Waals surface area contributed by atoms with Gasteiger partial charge in [0.1, 0.15) is 0 Å². The highest BCUT2D eigenvalue weighted by Crippen LogP contribution is 2.20. The van der Waals surface area contributed by atoms with Crippen molar-refractivity contribution in [1.82, 2.24) is 5.32 Å². The van der Waals surface area contributed by atoms with Crippen molar-refractivity contribution in [3.05, 3.63) is 120 Å². The van der Waals surface area contributed by atoms with E-state index in [1.54, 1.807) is 0 Å². The van der Waals surface area contributed by atoms with Crippen LogP contribution in [-0.2, 0) is 12.8 Å². The Balaban J connectivity index is 2.39. The van der Waals surface area contributed by atoms with Gasteiger partial charge in [-0.2, -0.15) is 0 Å². The molecule has 0 amide bonds. The maximum Gasteiger partial charge on any atom is 0.0505 e. The largest absolute Gasteiger partial charge is 0.403 e. The second-order valence-corrected chi connectivity index (χ2v) is 6.95. The minimum atomic E-state index is 0.0732. The first-order chi connectivity index (χ1) is 13.5. The number of nitrogens with one attached hydrogen (secondary N) is 1. The van der Waals surface area contributed by atoms with E-state index in [0.717, 1.165) is 29.6 Å². The second-order valence-electron chi connectivity index (χ2n) is 6.95. The van der Waals surface area contributed by atoms with E-state index in [0.29, 0.717) is 12.1 Å². The summed E-state index contributed by atoms with van der Waals surface area (Å²) in [7, 11) is 0. The maximum atomic E-state index is 6.18. The van der Waals surface area contributed by atoms with Gasteiger partial charge < -0.3 is 16.8 Å². The SMILES string of the molecule is C=C1/C=C\C=C/NC(/C=C(CC(=C)/C=C/C)\C(N)=C/N)Cc2ccccc2C1. The topological polar surface area (TPSA) is 64.1 Å². The van der Waals surface area contributed by atoms with Crippen LogP contribution >= 0.6 is 0 Å². The molecule has 2 rings (SSSR count). The molecule has 0 bridgehead atoms. The van der Waals surface area contributed by atoms with Crippen LogP contribution in [0.2, 0.25) is 0 Å². The molecule has 0 fully saturated rings. The summed E-state index contributed by atoms with van der Waals surface area (Å²) in [6, 6.07) is 8.58. The zero-order valence-corrected chi connectivity index (χ0v) is 16.7. The second kappa shape index (κ2) is 10.8. The normalized spacial score (nSPS) is 20.8. The lowest BCUT2D eigenvalue weighted by molar-refractivity contribution is 0.686. The molecule has 0 aliphatic carbocycles. The van der Waals surface area contributed by atoms with Crippen molar-refractivity contribution >= 4 is 0 Å². The molecule has 0 saturated heterocycles. The molecule has 0 spiro atoms. The number of fused-ring (bicyclic) bond motifs is 1. The van der Waals surface area contributed by atoms with Crippen molar-refractivity contribution in [3.8, 4) is 0 Å². The third-order valence-electron chi connectivity index (χ3n) is 4.60. The Bertz CT molecular complexity index is 850. The third kappa shape index (κ3) is 6.51. The Morgan fingerprint density at radius 3 is 2.71 bits per heavy atom. The van der Waals surface area contributed by atoms with Gasteiger partial charge in [-0.25, -0.2) is 0 Å². The molecular formula is C25H31N3. The van der Waals surface area contributed by atoms with Gasteiger partial charge in [-0.3, -0.25) is 0 Å². The van der Waals surface area contributed by atoms with Crippen molar-refractivity contribution in [3.63, 3.8) is 0 Å². The fraction of sp³-hybridized carbons (Fsp3) is 0.200. The summed E-state index contributed by atoms with van der Waals surface area (Å²) in [5.74, 6) is 0. The molecular weight excluding hydrogens is 342 g/mol. The van der Waals surface area contributed by atoms with Gasteiger partial charge in [-0.15, -0.1) is 0 Å². The lowest BCUT2D eigenvalue weighted by Crippen LogP contribution is -2.26. The molecule has 1 unspecified atom stereocenters. The number of nitrogens with two attached hydrogens (primary N) is 2. The molecule has 3 heteroatoms. The highest BCUT2D eigenvalue weighted by atomic mass is 14.9. The first kappa shape index (κ1) is 21.1. The molecule has 0 aromatic heterocycles. The van der Waals surface area contributed by atoms with Gasteiger partial charge in [0.25, 0.3) is 0 Å². The average molecular weight is 374 g/mol.